The molecule has 0 bridgehead atoms. The first-order valence-corrected chi connectivity index (χ1v) is 7.71. The Morgan fingerprint density at radius 3 is 2.65 bits per heavy atom. The number of carbonyl (C=O) groups excluding carboxylic acids is 1. The molecule has 0 aliphatic carbocycles. The van der Waals surface area contributed by atoms with E-state index in [0.29, 0.717) is 17.0 Å². The highest BCUT2D eigenvalue weighted by Crippen LogP contribution is 2.22. The molecule has 0 spiro atoms. The summed E-state index contributed by atoms with van der Waals surface area (Å²) in [5.41, 5.74) is 0.917. The number of amides is 1. The van der Waals surface area contributed by atoms with Gasteiger partial charge in [0.25, 0.3) is 0 Å². The smallest absolute Gasteiger partial charge is 0.238 e. The SMILES string of the molecule is CSCC(=O)Nc1cccc(S(N)(=O)=O)c1C. The van der Waals surface area contributed by atoms with E-state index in [4.69, 9.17) is 5.14 Å². The first-order valence-electron chi connectivity index (χ1n) is 4.77. The second kappa shape index (κ2) is 5.52. The summed E-state index contributed by atoms with van der Waals surface area (Å²) in [6, 6.07) is 4.60. The lowest BCUT2D eigenvalue weighted by molar-refractivity contribution is -0.113. The van der Waals surface area contributed by atoms with E-state index in [9.17, 15) is 13.2 Å². The van der Waals surface area contributed by atoms with Crippen LogP contribution in [0.15, 0.2) is 23.1 Å². The molecule has 1 rings (SSSR count). The van der Waals surface area contributed by atoms with Crippen LogP contribution >= 0.6 is 11.8 Å². The van der Waals surface area contributed by atoms with Gasteiger partial charge in [-0.1, -0.05) is 6.07 Å². The molecular formula is C10H14N2O3S2. The van der Waals surface area contributed by atoms with Crippen molar-refractivity contribution in [2.24, 2.45) is 5.14 Å². The van der Waals surface area contributed by atoms with Gasteiger partial charge in [-0.25, -0.2) is 13.6 Å². The van der Waals surface area contributed by atoms with Gasteiger partial charge in [-0.3, -0.25) is 4.79 Å². The molecular weight excluding hydrogens is 260 g/mol. The average Bonchev–Trinajstić information content (AvgIpc) is 2.19. The predicted octanol–water partition coefficient (Wildman–Crippen LogP) is 0.944. The fourth-order valence-electron chi connectivity index (χ4n) is 1.38. The molecule has 0 aromatic heterocycles. The van der Waals surface area contributed by atoms with Gasteiger partial charge in [0.05, 0.1) is 10.6 Å². The maximum absolute atomic E-state index is 11.4. The monoisotopic (exact) mass is 274 g/mol. The second-order valence-electron chi connectivity index (χ2n) is 3.45. The number of nitrogens with two attached hydrogens (primary N) is 1. The Morgan fingerprint density at radius 1 is 1.47 bits per heavy atom. The highest BCUT2D eigenvalue weighted by Gasteiger charge is 2.14. The van der Waals surface area contributed by atoms with E-state index in [1.165, 1.54) is 17.8 Å². The largest absolute Gasteiger partial charge is 0.325 e. The summed E-state index contributed by atoms with van der Waals surface area (Å²) in [6.45, 7) is 1.61. The number of benzene rings is 1. The molecule has 0 saturated heterocycles. The highest BCUT2D eigenvalue weighted by atomic mass is 32.2. The van der Waals surface area contributed by atoms with Gasteiger partial charge in [0.1, 0.15) is 0 Å². The quantitative estimate of drug-likeness (QED) is 0.855. The lowest BCUT2D eigenvalue weighted by Gasteiger charge is -2.10. The fourth-order valence-corrected chi connectivity index (χ4v) is 2.51. The standard InChI is InChI=1S/C10H14N2O3S2/c1-7-8(12-10(13)6-16-2)4-3-5-9(7)17(11,14)15/h3-5H,6H2,1-2H3,(H,12,13)(H2,11,14,15). The lowest BCUT2D eigenvalue weighted by Crippen LogP contribution is -2.18. The van der Waals surface area contributed by atoms with Crippen molar-refractivity contribution in [1.29, 1.82) is 0 Å². The van der Waals surface area contributed by atoms with Crippen molar-refractivity contribution in [3.05, 3.63) is 23.8 Å². The first-order chi connectivity index (χ1) is 7.86. The summed E-state index contributed by atoms with van der Waals surface area (Å²) in [7, 11) is -3.76. The van der Waals surface area contributed by atoms with Crippen molar-refractivity contribution in [2.75, 3.05) is 17.3 Å². The van der Waals surface area contributed by atoms with Gasteiger partial charge in [0.2, 0.25) is 15.9 Å². The highest BCUT2D eigenvalue weighted by molar-refractivity contribution is 7.99. The minimum atomic E-state index is -3.76. The molecule has 0 fully saturated rings. The van der Waals surface area contributed by atoms with Gasteiger partial charge in [0.15, 0.2) is 0 Å². The van der Waals surface area contributed by atoms with Crippen LogP contribution in [0, 0.1) is 6.92 Å². The number of thioether (sulfide) groups is 1. The molecule has 3 N–H and O–H groups in total. The second-order valence-corrected chi connectivity index (χ2v) is 5.85. The Bertz CT molecular complexity index is 526. The molecule has 0 unspecified atom stereocenters. The van der Waals surface area contributed by atoms with Gasteiger partial charge < -0.3 is 5.32 Å². The number of nitrogens with one attached hydrogen (secondary N) is 1. The molecule has 0 aliphatic heterocycles. The van der Waals surface area contributed by atoms with Crippen molar-refractivity contribution >= 4 is 33.4 Å². The topological polar surface area (TPSA) is 89.3 Å². The van der Waals surface area contributed by atoms with Gasteiger partial charge in [-0.2, -0.15) is 11.8 Å². The number of rotatable bonds is 4. The molecule has 0 saturated carbocycles. The van der Waals surface area contributed by atoms with Crippen molar-refractivity contribution in [2.45, 2.75) is 11.8 Å². The van der Waals surface area contributed by atoms with Crippen LogP contribution in [-0.4, -0.2) is 26.3 Å². The van der Waals surface area contributed by atoms with Crippen molar-refractivity contribution in [1.82, 2.24) is 0 Å². The third-order valence-electron chi connectivity index (χ3n) is 2.14. The van der Waals surface area contributed by atoms with E-state index in [0.717, 1.165) is 0 Å². The van der Waals surface area contributed by atoms with Crippen LogP contribution in [0.4, 0.5) is 5.69 Å². The Labute approximate surface area is 105 Å². The van der Waals surface area contributed by atoms with E-state index >= 15 is 0 Å². The maximum atomic E-state index is 11.4. The van der Waals surface area contributed by atoms with Gasteiger partial charge >= 0.3 is 0 Å². The van der Waals surface area contributed by atoms with Crippen LogP contribution in [0.2, 0.25) is 0 Å². The lowest BCUT2D eigenvalue weighted by atomic mass is 10.2. The van der Waals surface area contributed by atoms with Crippen LogP contribution in [0.5, 0.6) is 0 Å². The molecule has 7 heteroatoms. The molecule has 1 amide bonds. The molecule has 1 aromatic rings. The zero-order valence-corrected chi connectivity index (χ0v) is 11.2. The Balaban J connectivity index is 3.08. The number of anilines is 1. The number of carbonyl (C=O) groups is 1. The summed E-state index contributed by atoms with van der Waals surface area (Å²) >= 11 is 1.39. The van der Waals surface area contributed by atoms with Gasteiger partial charge in [-0.05, 0) is 30.9 Å². The third-order valence-corrected chi connectivity index (χ3v) is 3.75. The summed E-state index contributed by atoms with van der Waals surface area (Å²) in [6.07, 6.45) is 1.81. The van der Waals surface area contributed by atoms with E-state index in [2.05, 4.69) is 5.32 Å². The Morgan fingerprint density at radius 2 is 2.12 bits per heavy atom. The molecule has 1 aromatic carbocycles. The average molecular weight is 274 g/mol. The fraction of sp³-hybridized carbons (Fsp3) is 0.300. The van der Waals surface area contributed by atoms with E-state index in [1.807, 2.05) is 6.26 Å². The molecule has 0 radical (unpaired) electrons. The van der Waals surface area contributed by atoms with Crippen LogP contribution in [0.3, 0.4) is 0 Å². The number of hydrogen-bond donors (Lipinski definition) is 2. The van der Waals surface area contributed by atoms with E-state index < -0.39 is 10.0 Å². The van der Waals surface area contributed by atoms with Crippen LogP contribution in [0.1, 0.15) is 5.56 Å². The third kappa shape index (κ3) is 3.72. The van der Waals surface area contributed by atoms with Crippen LogP contribution in [-0.2, 0) is 14.8 Å². The summed E-state index contributed by atoms with van der Waals surface area (Å²) < 4.78 is 22.6. The summed E-state index contributed by atoms with van der Waals surface area (Å²) in [4.78, 5) is 11.4. The summed E-state index contributed by atoms with van der Waals surface area (Å²) in [5, 5.41) is 7.72. The molecule has 5 nitrogen and oxygen atoms in total. The Kier molecular flexibility index (Phi) is 4.55. The van der Waals surface area contributed by atoms with Crippen molar-refractivity contribution < 1.29 is 13.2 Å². The molecule has 0 heterocycles. The summed E-state index contributed by atoms with van der Waals surface area (Å²) in [5.74, 6) is 0.145. The predicted molar refractivity (Wildman–Crippen MR) is 69.6 cm³/mol. The van der Waals surface area contributed by atoms with Gasteiger partial charge in [0, 0.05) is 5.69 Å². The van der Waals surface area contributed by atoms with Crippen LogP contribution < -0.4 is 10.5 Å². The zero-order chi connectivity index (χ0) is 13.1. The van der Waals surface area contributed by atoms with Gasteiger partial charge in [-0.15, -0.1) is 0 Å². The van der Waals surface area contributed by atoms with Crippen LogP contribution in [0.25, 0.3) is 0 Å². The normalized spacial score (nSPS) is 11.2. The first kappa shape index (κ1) is 14.0. The zero-order valence-electron chi connectivity index (χ0n) is 9.56. The van der Waals surface area contributed by atoms with Crippen molar-refractivity contribution in [3.8, 4) is 0 Å². The molecule has 94 valence electrons. The molecule has 0 aliphatic rings. The molecule has 17 heavy (non-hydrogen) atoms. The minimum Gasteiger partial charge on any atom is -0.325 e. The minimum absolute atomic E-state index is 0.0273. The van der Waals surface area contributed by atoms with Crippen molar-refractivity contribution in [3.63, 3.8) is 0 Å². The van der Waals surface area contributed by atoms with E-state index in [-0.39, 0.29) is 10.8 Å². The molecule has 0 atom stereocenters. The number of sulfonamides is 1. The maximum Gasteiger partial charge on any atom is 0.238 e. The Hall–Kier alpha value is -1.05. The number of primary sulfonamides is 1. The van der Waals surface area contributed by atoms with E-state index in [1.54, 1.807) is 19.1 Å². The number of hydrogen-bond acceptors (Lipinski definition) is 4.